The van der Waals surface area contributed by atoms with E-state index in [1.165, 1.54) is 12.1 Å². The van der Waals surface area contributed by atoms with Crippen LogP contribution in [0.15, 0.2) is 18.2 Å². The average Bonchev–Trinajstić information content (AvgIpc) is 3.22. The Labute approximate surface area is 120 Å². The molecule has 0 spiro atoms. The zero-order chi connectivity index (χ0) is 15.6. The highest BCUT2D eigenvalue weighted by molar-refractivity contribution is 6.01. The minimum Gasteiger partial charge on any atom is -0.398 e. The highest BCUT2D eigenvalue weighted by atomic mass is 16.6. The van der Waals surface area contributed by atoms with Crippen LogP contribution in [0, 0.1) is 10.1 Å². The van der Waals surface area contributed by atoms with E-state index in [0.717, 1.165) is 18.9 Å². The van der Waals surface area contributed by atoms with E-state index >= 15 is 0 Å². The number of rotatable bonds is 5. The van der Waals surface area contributed by atoms with Gasteiger partial charge in [0.1, 0.15) is 6.04 Å². The Morgan fingerprint density at radius 3 is 2.67 bits per heavy atom. The predicted octanol–water partition coefficient (Wildman–Crippen LogP) is 0.574. The van der Waals surface area contributed by atoms with Crippen molar-refractivity contribution in [1.29, 1.82) is 0 Å². The Hall–Kier alpha value is -2.64. The maximum absolute atomic E-state index is 12.1. The summed E-state index contributed by atoms with van der Waals surface area (Å²) in [5.41, 5.74) is 5.52. The van der Waals surface area contributed by atoms with Crippen LogP contribution in [0.4, 0.5) is 11.4 Å². The molecule has 1 saturated carbocycles. The van der Waals surface area contributed by atoms with Gasteiger partial charge in [-0.2, -0.15) is 0 Å². The summed E-state index contributed by atoms with van der Waals surface area (Å²) in [6, 6.07) is 3.06. The van der Waals surface area contributed by atoms with Crippen molar-refractivity contribution in [1.82, 2.24) is 10.6 Å². The number of hydrogen-bond acceptors (Lipinski definition) is 5. The van der Waals surface area contributed by atoms with Crippen LogP contribution in [0.2, 0.25) is 0 Å². The van der Waals surface area contributed by atoms with Gasteiger partial charge < -0.3 is 16.4 Å². The SMILES string of the molecule is CC(NC(=O)c1cc([N+](=O)[O-])ccc1N)C(=O)NC1CC1. The number of nitrogens with two attached hydrogens (primary N) is 1. The number of carbonyl (C=O) groups is 2. The molecule has 4 N–H and O–H groups in total. The summed E-state index contributed by atoms with van der Waals surface area (Å²) < 4.78 is 0. The molecule has 1 fully saturated rings. The van der Waals surface area contributed by atoms with Gasteiger partial charge in [0.2, 0.25) is 5.91 Å². The van der Waals surface area contributed by atoms with Gasteiger partial charge in [-0.15, -0.1) is 0 Å². The van der Waals surface area contributed by atoms with Gasteiger partial charge in [0, 0.05) is 23.9 Å². The fourth-order valence-electron chi connectivity index (χ4n) is 1.75. The van der Waals surface area contributed by atoms with E-state index in [2.05, 4.69) is 10.6 Å². The quantitative estimate of drug-likeness (QED) is 0.415. The molecule has 0 aliphatic heterocycles. The van der Waals surface area contributed by atoms with Crippen molar-refractivity contribution in [2.24, 2.45) is 0 Å². The summed E-state index contributed by atoms with van der Waals surface area (Å²) in [5.74, 6) is -0.899. The zero-order valence-corrected chi connectivity index (χ0v) is 11.5. The molecule has 8 heteroatoms. The third-order valence-corrected chi connectivity index (χ3v) is 3.16. The van der Waals surface area contributed by atoms with Crippen LogP contribution in [-0.2, 0) is 4.79 Å². The van der Waals surface area contributed by atoms with Crippen LogP contribution in [0.5, 0.6) is 0 Å². The molecular formula is C13H16N4O4. The minimum absolute atomic E-state index is 0.0183. The predicted molar refractivity (Wildman–Crippen MR) is 75.6 cm³/mol. The fraction of sp³-hybridized carbons (Fsp3) is 0.385. The van der Waals surface area contributed by atoms with Crippen molar-refractivity contribution in [3.05, 3.63) is 33.9 Å². The molecule has 112 valence electrons. The lowest BCUT2D eigenvalue weighted by Crippen LogP contribution is -2.45. The number of hydrogen-bond donors (Lipinski definition) is 3. The molecule has 1 aromatic rings. The van der Waals surface area contributed by atoms with Crippen molar-refractivity contribution < 1.29 is 14.5 Å². The molecule has 2 rings (SSSR count). The van der Waals surface area contributed by atoms with E-state index < -0.39 is 16.9 Å². The number of non-ortho nitro benzene ring substituents is 1. The van der Waals surface area contributed by atoms with Crippen molar-refractivity contribution >= 4 is 23.2 Å². The number of nitrogens with zero attached hydrogens (tertiary/aromatic N) is 1. The highest BCUT2D eigenvalue weighted by Gasteiger charge is 2.26. The van der Waals surface area contributed by atoms with Gasteiger partial charge in [-0.3, -0.25) is 19.7 Å². The molecule has 2 amide bonds. The number of nitrogen functional groups attached to an aromatic ring is 1. The number of benzene rings is 1. The Morgan fingerprint density at radius 2 is 2.10 bits per heavy atom. The van der Waals surface area contributed by atoms with E-state index in [0.29, 0.717) is 0 Å². The lowest BCUT2D eigenvalue weighted by molar-refractivity contribution is -0.384. The van der Waals surface area contributed by atoms with E-state index in [-0.39, 0.29) is 28.9 Å². The lowest BCUT2D eigenvalue weighted by atomic mass is 10.1. The summed E-state index contributed by atoms with van der Waals surface area (Å²) in [4.78, 5) is 33.9. The molecule has 0 radical (unpaired) electrons. The van der Waals surface area contributed by atoms with Crippen molar-refractivity contribution in [2.45, 2.75) is 31.8 Å². The molecule has 0 saturated heterocycles. The van der Waals surface area contributed by atoms with Crippen LogP contribution in [0.3, 0.4) is 0 Å². The van der Waals surface area contributed by atoms with Gasteiger partial charge in [-0.05, 0) is 25.8 Å². The zero-order valence-electron chi connectivity index (χ0n) is 11.5. The first-order valence-electron chi connectivity index (χ1n) is 6.53. The molecule has 8 nitrogen and oxygen atoms in total. The minimum atomic E-state index is -0.739. The molecule has 1 aromatic carbocycles. The summed E-state index contributed by atoms with van der Waals surface area (Å²) in [5, 5.41) is 16.0. The van der Waals surface area contributed by atoms with E-state index in [4.69, 9.17) is 5.73 Å². The monoisotopic (exact) mass is 292 g/mol. The second kappa shape index (κ2) is 5.78. The molecular weight excluding hydrogens is 276 g/mol. The Morgan fingerprint density at radius 1 is 1.43 bits per heavy atom. The maximum atomic E-state index is 12.1. The molecule has 1 aliphatic rings. The first-order chi connectivity index (χ1) is 9.88. The van der Waals surface area contributed by atoms with Crippen LogP contribution in [-0.4, -0.2) is 28.8 Å². The number of anilines is 1. The average molecular weight is 292 g/mol. The van der Waals surface area contributed by atoms with Crippen molar-refractivity contribution in [3.63, 3.8) is 0 Å². The van der Waals surface area contributed by atoms with Crippen LogP contribution >= 0.6 is 0 Å². The smallest absolute Gasteiger partial charge is 0.270 e. The Bertz CT molecular complexity index is 598. The number of nitro groups is 1. The molecule has 1 unspecified atom stereocenters. The van der Waals surface area contributed by atoms with Crippen LogP contribution in [0.25, 0.3) is 0 Å². The fourth-order valence-corrected chi connectivity index (χ4v) is 1.75. The summed E-state index contributed by atoms with van der Waals surface area (Å²) >= 11 is 0. The van der Waals surface area contributed by atoms with Crippen molar-refractivity contribution in [2.75, 3.05) is 5.73 Å². The van der Waals surface area contributed by atoms with Gasteiger partial charge >= 0.3 is 0 Å². The van der Waals surface area contributed by atoms with Crippen LogP contribution < -0.4 is 16.4 Å². The summed E-state index contributed by atoms with van der Waals surface area (Å²) in [6.07, 6.45) is 1.90. The largest absolute Gasteiger partial charge is 0.398 e. The van der Waals surface area contributed by atoms with E-state index in [1.54, 1.807) is 6.92 Å². The Balaban J connectivity index is 2.06. The first-order valence-corrected chi connectivity index (χ1v) is 6.53. The first kappa shape index (κ1) is 14.8. The molecule has 1 atom stereocenters. The molecule has 0 bridgehead atoms. The number of nitrogens with one attached hydrogen (secondary N) is 2. The second-order valence-electron chi connectivity index (χ2n) is 5.01. The van der Waals surface area contributed by atoms with E-state index in [1.807, 2.05) is 0 Å². The number of carbonyl (C=O) groups excluding carboxylic acids is 2. The standard InChI is InChI=1S/C13H16N4O4/c1-7(12(18)16-8-2-3-8)15-13(19)10-6-9(17(20)21)4-5-11(10)14/h4-8H,2-3,14H2,1H3,(H,15,19)(H,16,18). The third kappa shape index (κ3) is 3.68. The molecule has 0 aromatic heterocycles. The van der Waals surface area contributed by atoms with Gasteiger partial charge in [0.25, 0.3) is 11.6 Å². The lowest BCUT2D eigenvalue weighted by Gasteiger charge is -2.14. The van der Waals surface area contributed by atoms with Crippen molar-refractivity contribution in [3.8, 4) is 0 Å². The van der Waals surface area contributed by atoms with Crippen LogP contribution in [0.1, 0.15) is 30.1 Å². The molecule has 21 heavy (non-hydrogen) atoms. The Kier molecular flexibility index (Phi) is 4.06. The van der Waals surface area contributed by atoms with Gasteiger partial charge in [0.05, 0.1) is 10.5 Å². The third-order valence-electron chi connectivity index (χ3n) is 3.16. The topological polar surface area (TPSA) is 127 Å². The normalized spacial score (nSPS) is 15.1. The number of amides is 2. The summed E-state index contributed by atoms with van der Waals surface area (Å²) in [7, 11) is 0. The van der Waals surface area contributed by atoms with Gasteiger partial charge in [0.15, 0.2) is 0 Å². The number of nitro benzene ring substituents is 1. The molecule has 1 aliphatic carbocycles. The second-order valence-corrected chi connectivity index (χ2v) is 5.01. The van der Waals surface area contributed by atoms with E-state index in [9.17, 15) is 19.7 Å². The van der Waals surface area contributed by atoms with Gasteiger partial charge in [-0.1, -0.05) is 0 Å². The summed E-state index contributed by atoms with van der Waals surface area (Å²) in [6.45, 7) is 1.54. The maximum Gasteiger partial charge on any atom is 0.270 e. The molecule has 0 heterocycles. The van der Waals surface area contributed by atoms with Gasteiger partial charge in [-0.25, -0.2) is 0 Å². The highest BCUT2D eigenvalue weighted by Crippen LogP contribution is 2.20.